The van der Waals surface area contributed by atoms with Gasteiger partial charge in [-0.25, -0.2) is 0 Å². The first-order valence-corrected chi connectivity index (χ1v) is 5.03. The standard InChI is InChI=1S/C10H12Cl2/c1-8-2-4-9(5-3-8)10(6-11)7-12/h2-5,10H,6-7H2,1H3. The van der Waals surface area contributed by atoms with E-state index in [9.17, 15) is 0 Å². The summed E-state index contributed by atoms with van der Waals surface area (Å²) < 4.78 is 0. The van der Waals surface area contributed by atoms with Crippen molar-refractivity contribution in [1.29, 1.82) is 0 Å². The lowest BCUT2D eigenvalue weighted by atomic mass is 10.0. The van der Waals surface area contributed by atoms with Crippen LogP contribution in [0.3, 0.4) is 0 Å². The molecule has 0 spiro atoms. The van der Waals surface area contributed by atoms with Gasteiger partial charge in [0.05, 0.1) is 0 Å². The van der Waals surface area contributed by atoms with E-state index in [0.717, 1.165) is 0 Å². The predicted molar refractivity (Wildman–Crippen MR) is 55.4 cm³/mol. The van der Waals surface area contributed by atoms with Crippen LogP contribution in [0, 0.1) is 6.92 Å². The lowest BCUT2D eigenvalue weighted by Crippen LogP contribution is -2.01. The molecule has 12 heavy (non-hydrogen) atoms. The summed E-state index contributed by atoms with van der Waals surface area (Å²) >= 11 is 11.5. The number of alkyl halides is 2. The smallest absolute Gasteiger partial charge is 0.0303 e. The van der Waals surface area contributed by atoms with Gasteiger partial charge in [-0.05, 0) is 12.5 Å². The van der Waals surface area contributed by atoms with Gasteiger partial charge in [-0.2, -0.15) is 0 Å². The molecule has 0 aliphatic carbocycles. The molecule has 0 aliphatic heterocycles. The van der Waals surface area contributed by atoms with Crippen LogP contribution >= 0.6 is 23.2 Å². The normalized spacial score (nSPS) is 10.7. The molecular formula is C10H12Cl2. The number of halogens is 2. The molecule has 0 aromatic heterocycles. The highest BCUT2D eigenvalue weighted by Crippen LogP contribution is 2.19. The van der Waals surface area contributed by atoms with E-state index >= 15 is 0 Å². The Morgan fingerprint density at radius 3 is 2.00 bits per heavy atom. The Kier molecular flexibility index (Phi) is 3.90. The second-order valence-electron chi connectivity index (χ2n) is 2.92. The van der Waals surface area contributed by atoms with Crippen LogP contribution in [0.4, 0.5) is 0 Å². The van der Waals surface area contributed by atoms with E-state index < -0.39 is 0 Å². The lowest BCUT2D eigenvalue weighted by Gasteiger charge is -2.09. The molecule has 0 amide bonds. The molecule has 0 unspecified atom stereocenters. The van der Waals surface area contributed by atoms with Crippen molar-refractivity contribution in [2.24, 2.45) is 0 Å². The van der Waals surface area contributed by atoms with Crippen molar-refractivity contribution in [3.05, 3.63) is 35.4 Å². The molecule has 66 valence electrons. The fourth-order valence-electron chi connectivity index (χ4n) is 1.06. The minimum Gasteiger partial charge on any atom is -0.126 e. The molecule has 0 saturated carbocycles. The van der Waals surface area contributed by atoms with Gasteiger partial charge < -0.3 is 0 Å². The van der Waals surface area contributed by atoms with E-state index in [4.69, 9.17) is 23.2 Å². The Hall–Kier alpha value is -0.200. The maximum Gasteiger partial charge on any atom is 0.0303 e. The average molecular weight is 203 g/mol. The van der Waals surface area contributed by atoms with Gasteiger partial charge in [0, 0.05) is 17.7 Å². The van der Waals surface area contributed by atoms with Crippen molar-refractivity contribution >= 4 is 23.2 Å². The van der Waals surface area contributed by atoms with Crippen LogP contribution < -0.4 is 0 Å². The number of aryl methyl sites for hydroxylation is 1. The molecule has 1 rings (SSSR count). The van der Waals surface area contributed by atoms with Gasteiger partial charge in [0.25, 0.3) is 0 Å². The second-order valence-corrected chi connectivity index (χ2v) is 3.53. The van der Waals surface area contributed by atoms with Gasteiger partial charge in [0.15, 0.2) is 0 Å². The van der Waals surface area contributed by atoms with Crippen LogP contribution in [0.25, 0.3) is 0 Å². The van der Waals surface area contributed by atoms with Gasteiger partial charge in [-0.1, -0.05) is 29.8 Å². The second kappa shape index (κ2) is 4.74. The SMILES string of the molecule is Cc1ccc(C(CCl)CCl)cc1. The Morgan fingerprint density at radius 1 is 1.08 bits per heavy atom. The highest BCUT2D eigenvalue weighted by molar-refractivity contribution is 6.21. The molecule has 0 heterocycles. The van der Waals surface area contributed by atoms with Gasteiger partial charge in [-0.15, -0.1) is 23.2 Å². The first-order chi connectivity index (χ1) is 5.77. The first-order valence-electron chi connectivity index (χ1n) is 3.96. The highest BCUT2D eigenvalue weighted by atomic mass is 35.5. The number of hydrogen-bond donors (Lipinski definition) is 0. The summed E-state index contributed by atoms with van der Waals surface area (Å²) in [5.41, 5.74) is 2.49. The number of rotatable bonds is 3. The Morgan fingerprint density at radius 2 is 1.58 bits per heavy atom. The van der Waals surface area contributed by atoms with Crippen LogP contribution in [-0.4, -0.2) is 11.8 Å². The van der Waals surface area contributed by atoms with E-state index in [2.05, 4.69) is 31.2 Å². The predicted octanol–water partition coefficient (Wildman–Crippen LogP) is 3.56. The van der Waals surface area contributed by atoms with Crippen LogP contribution in [0.1, 0.15) is 17.0 Å². The zero-order valence-electron chi connectivity index (χ0n) is 7.06. The third-order valence-corrected chi connectivity index (χ3v) is 2.67. The first kappa shape index (κ1) is 9.88. The maximum absolute atomic E-state index is 5.76. The van der Waals surface area contributed by atoms with Gasteiger partial charge in [0.2, 0.25) is 0 Å². The summed E-state index contributed by atoms with van der Waals surface area (Å²) in [6.07, 6.45) is 0. The van der Waals surface area contributed by atoms with E-state index in [0.29, 0.717) is 11.8 Å². The van der Waals surface area contributed by atoms with Crippen molar-refractivity contribution in [2.45, 2.75) is 12.8 Å². The summed E-state index contributed by atoms with van der Waals surface area (Å²) in [7, 11) is 0. The van der Waals surface area contributed by atoms with Crippen molar-refractivity contribution in [3.63, 3.8) is 0 Å². The molecule has 1 aromatic carbocycles. The lowest BCUT2D eigenvalue weighted by molar-refractivity contribution is 0.883. The fraction of sp³-hybridized carbons (Fsp3) is 0.400. The minimum atomic E-state index is 0.286. The van der Waals surface area contributed by atoms with Crippen molar-refractivity contribution in [2.75, 3.05) is 11.8 Å². The summed E-state index contributed by atoms with van der Waals surface area (Å²) in [5.74, 6) is 1.47. The molecule has 0 N–H and O–H groups in total. The topological polar surface area (TPSA) is 0 Å². The van der Waals surface area contributed by atoms with E-state index in [-0.39, 0.29) is 5.92 Å². The van der Waals surface area contributed by atoms with E-state index in [1.807, 2.05) is 0 Å². The molecule has 0 saturated heterocycles. The zero-order chi connectivity index (χ0) is 8.97. The largest absolute Gasteiger partial charge is 0.126 e. The summed E-state index contributed by atoms with van der Waals surface area (Å²) in [5, 5.41) is 0. The molecule has 2 heteroatoms. The van der Waals surface area contributed by atoms with Gasteiger partial charge >= 0.3 is 0 Å². The Labute approximate surface area is 83.5 Å². The Balaban J connectivity index is 2.80. The van der Waals surface area contributed by atoms with E-state index in [1.165, 1.54) is 11.1 Å². The number of benzene rings is 1. The monoisotopic (exact) mass is 202 g/mol. The molecule has 0 fully saturated rings. The van der Waals surface area contributed by atoms with Crippen LogP contribution in [0.15, 0.2) is 24.3 Å². The molecule has 0 aliphatic rings. The quantitative estimate of drug-likeness (QED) is 0.659. The fourth-order valence-corrected chi connectivity index (χ4v) is 1.74. The third kappa shape index (κ3) is 2.40. The average Bonchev–Trinajstić information content (AvgIpc) is 2.10. The van der Waals surface area contributed by atoms with Crippen LogP contribution in [0.2, 0.25) is 0 Å². The molecule has 0 bridgehead atoms. The van der Waals surface area contributed by atoms with Gasteiger partial charge in [-0.3, -0.25) is 0 Å². The van der Waals surface area contributed by atoms with Crippen molar-refractivity contribution < 1.29 is 0 Å². The van der Waals surface area contributed by atoms with Gasteiger partial charge in [0.1, 0.15) is 0 Å². The van der Waals surface area contributed by atoms with Crippen molar-refractivity contribution in [3.8, 4) is 0 Å². The number of hydrogen-bond acceptors (Lipinski definition) is 0. The summed E-state index contributed by atoms with van der Waals surface area (Å²) in [4.78, 5) is 0. The highest BCUT2D eigenvalue weighted by Gasteiger charge is 2.07. The minimum absolute atomic E-state index is 0.286. The summed E-state index contributed by atoms with van der Waals surface area (Å²) in [6.45, 7) is 2.07. The van der Waals surface area contributed by atoms with Crippen LogP contribution in [0.5, 0.6) is 0 Å². The summed E-state index contributed by atoms with van der Waals surface area (Å²) in [6, 6.07) is 8.35. The third-order valence-electron chi connectivity index (χ3n) is 1.92. The van der Waals surface area contributed by atoms with Crippen molar-refractivity contribution in [1.82, 2.24) is 0 Å². The molecule has 0 atom stereocenters. The maximum atomic E-state index is 5.76. The Bertz CT molecular complexity index is 224. The molecule has 0 radical (unpaired) electrons. The van der Waals surface area contributed by atoms with Crippen LogP contribution in [-0.2, 0) is 0 Å². The molecular weight excluding hydrogens is 191 g/mol. The zero-order valence-corrected chi connectivity index (χ0v) is 8.57. The molecule has 1 aromatic rings. The van der Waals surface area contributed by atoms with E-state index in [1.54, 1.807) is 0 Å². The molecule has 0 nitrogen and oxygen atoms in total.